The molecule has 4 nitrogen and oxygen atoms in total. The van der Waals surface area contributed by atoms with Crippen molar-refractivity contribution in [1.29, 1.82) is 0 Å². The Bertz CT molecular complexity index is 313. The van der Waals surface area contributed by atoms with Crippen molar-refractivity contribution in [2.45, 2.75) is 26.0 Å². The molecule has 0 fully saturated rings. The minimum atomic E-state index is -0.708. The molecular weight excluding hydrogens is 218 g/mol. The lowest BCUT2D eigenvalue weighted by Crippen LogP contribution is -2.31. The summed E-state index contributed by atoms with van der Waals surface area (Å²) in [5.74, 6) is 0.860. The number of nitrogens with one attached hydrogen (secondary N) is 1. The number of rotatable bonds is 7. The molecule has 0 heterocycles. The summed E-state index contributed by atoms with van der Waals surface area (Å²) < 4.78 is 5.36. The minimum Gasteiger partial charge on any atom is -0.494 e. The van der Waals surface area contributed by atoms with Gasteiger partial charge in [-0.1, -0.05) is 12.1 Å². The summed E-state index contributed by atoms with van der Waals surface area (Å²) >= 11 is 0. The first-order chi connectivity index (χ1) is 8.17. The van der Waals surface area contributed by atoms with Crippen molar-refractivity contribution >= 4 is 0 Å². The normalized spacial score (nSPS) is 14.4. The highest BCUT2D eigenvalue weighted by Gasteiger charge is 2.07. The molecule has 17 heavy (non-hydrogen) atoms. The van der Waals surface area contributed by atoms with E-state index >= 15 is 0 Å². The van der Waals surface area contributed by atoms with Gasteiger partial charge in [0.25, 0.3) is 0 Å². The van der Waals surface area contributed by atoms with Crippen LogP contribution in [0.5, 0.6) is 5.75 Å². The predicted molar refractivity (Wildman–Crippen MR) is 67.1 cm³/mol. The van der Waals surface area contributed by atoms with Gasteiger partial charge < -0.3 is 20.3 Å². The summed E-state index contributed by atoms with van der Waals surface area (Å²) in [6.07, 6.45) is -0.708. The molecule has 0 saturated carbocycles. The summed E-state index contributed by atoms with van der Waals surface area (Å²) in [7, 11) is 0. The Labute approximate surface area is 102 Å². The van der Waals surface area contributed by atoms with Crippen LogP contribution in [0.4, 0.5) is 0 Å². The van der Waals surface area contributed by atoms with E-state index in [0.29, 0.717) is 13.2 Å². The zero-order valence-electron chi connectivity index (χ0n) is 10.4. The zero-order valence-corrected chi connectivity index (χ0v) is 10.4. The van der Waals surface area contributed by atoms with E-state index in [1.807, 2.05) is 38.1 Å². The van der Waals surface area contributed by atoms with E-state index in [9.17, 15) is 5.11 Å². The standard InChI is InChI=1S/C13H21NO3/c1-3-17-13-6-4-11(5-7-13)10(2)14-8-12(16)9-15/h4-7,10,12,14-16H,3,8-9H2,1-2H3. The van der Waals surface area contributed by atoms with Crippen LogP contribution in [-0.4, -0.2) is 36.1 Å². The number of ether oxygens (including phenoxy) is 1. The lowest BCUT2D eigenvalue weighted by Gasteiger charge is -2.16. The minimum absolute atomic E-state index is 0.131. The number of aliphatic hydroxyl groups is 2. The maximum absolute atomic E-state index is 9.24. The second-order valence-electron chi connectivity index (χ2n) is 3.97. The number of hydrogen-bond acceptors (Lipinski definition) is 4. The molecule has 1 rings (SSSR count). The SMILES string of the molecule is CCOc1ccc(C(C)NCC(O)CO)cc1. The molecule has 0 spiro atoms. The highest BCUT2D eigenvalue weighted by atomic mass is 16.5. The maximum atomic E-state index is 9.24. The number of aliphatic hydroxyl groups excluding tert-OH is 2. The van der Waals surface area contributed by atoms with Crippen molar-refractivity contribution in [2.24, 2.45) is 0 Å². The van der Waals surface area contributed by atoms with E-state index in [2.05, 4.69) is 5.32 Å². The van der Waals surface area contributed by atoms with Crippen LogP contribution in [0.25, 0.3) is 0 Å². The summed E-state index contributed by atoms with van der Waals surface area (Å²) in [5, 5.41) is 21.1. The van der Waals surface area contributed by atoms with Crippen LogP contribution in [0, 0.1) is 0 Å². The zero-order chi connectivity index (χ0) is 12.7. The molecule has 96 valence electrons. The largest absolute Gasteiger partial charge is 0.494 e. The van der Waals surface area contributed by atoms with Crippen LogP contribution in [-0.2, 0) is 0 Å². The molecule has 2 unspecified atom stereocenters. The third-order valence-corrected chi connectivity index (χ3v) is 2.56. The van der Waals surface area contributed by atoms with Gasteiger partial charge in [-0.05, 0) is 31.5 Å². The van der Waals surface area contributed by atoms with Gasteiger partial charge in [0.15, 0.2) is 0 Å². The molecule has 0 bridgehead atoms. The average molecular weight is 239 g/mol. The summed E-state index contributed by atoms with van der Waals surface area (Å²) in [5.41, 5.74) is 1.12. The monoisotopic (exact) mass is 239 g/mol. The molecule has 0 aliphatic heterocycles. The second kappa shape index (κ2) is 7.27. The van der Waals surface area contributed by atoms with E-state index in [4.69, 9.17) is 9.84 Å². The van der Waals surface area contributed by atoms with Crippen LogP contribution in [0.3, 0.4) is 0 Å². The van der Waals surface area contributed by atoms with Gasteiger partial charge >= 0.3 is 0 Å². The first-order valence-corrected chi connectivity index (χ1v) is 5.92. The van der Waals surface area contributed by atoms with Crippen LogP contribution in [0.15, 0.2) is 24.3 Å². The summed E-state index contributed by atoms with van der Waals surface area (Å²) in [6, 6.07) is 7.98. The maximum Gasteiger partial charge on any atom is 0.119 e. The Balaban J connectivity index is 2.48. The smallest absolute Gasteiger partial charge is 0.119 e. The van der Waals surface area contributed by atoms with Crippen LogP contribution in [0.1, 0.15) is 25.5 Å². The molecular formula is C13H21NO3. The quantitative estimate of drug-likeness (QED) is 0.666. The summed E-state index contributed by atoms with van der Waals surface area (Å²) in [6.45, 7) is 4.79. The Morgan fingerprint density at radius 3 is 2.47 bits per heavy atom. The molecule has 3 N–H and O–H groups in total. The average Bonchev–Trinajstić information content (AvgIpc) is 2.36. The van der Waals surface area contributed by atoms with E-state index in [1.54, 1.807) is 0 Å². The van der Waals surface area contributed by atoms with Gasteiger partial charge in [-0.25, -0.2) is 0 Å². The molecule has 2 atom stereocenters. The van der Waals surface area contributed by atoms with Crippen molar-refractivity contribution in [2.75, 3.05) is 19.8 Å². The van der Waals surface area contributed by atoms with Gasteiger partial charge in [0.05, 0.1) is 19.3 Å². The van der Waals surface area contributed by atoms with E-state index in [-0.39, 0.29) is 12.6 Å². The first kappa shape index (κ1) is 14.0. The Morgan fingerprint density at radius 1 is 1.29 bits per heavy atom. The molecule has 4 heteroatoms. The number of benzene rings is 1. The molecule has 0 amide bonds. The fourth-order valence-corrected chi connectivity index (χ4v) is 1.51. The Hall–Kier alpha value is -1.10. The molecule has 1 aromatic carbocycles. The highest BCUT2D eigenvalue weighted by Crippen LogP contribution is 2.17. The molecule has 1 aromatic rings. The molecule has 0 radical (unpaired) electrons. The topological polar surface area (TPSA) is 61.7 Å². The van der Waals surface area contributed by atoms with Gasteiger partial charge in [0.1, 0.15) is 5.75 Å². The second-order valence-corrected chi connectivity index (χ2v) is 3.97. The third-order valence-electron chi connectivity index (χ3n) is 2.56. The fraction of sp³-hybridized carbons (Fsp3) is 0.538. The lowest BCUT2D eigenvalue weighted by molar-refractivity contribution is 0.0924. The van der Waals surface area contributed by atoms with Crippen molar-refractivity contribution in [3.63, 3.8) is 0 Å². The van der Waals surface area contributed by atoms with Crippen LogP contribution < -0.4 is 10.1 Å². The highest BCUT2D eigenvalue weighted by molar-refractivity contribution is 5.28. The van der Waals surface area contributed by atoms with Crippen molar-refractivity contribution < 1.29 is 14.9 Å². The summed E-state index contributed by atoms with van der Waals surface area (Å²) in [4.78, 5) is 0. The van der Waals surface area contributed by atoms with E-state index < -0.39 is 6.10 Å². The lowest BCUT2D eigenvalue weighted by atomic mass is 10.1. The van der Waals surface area contributed by atoms with Gasteiger partial charge in [0, 0.05) is 12.6 Å². The molecule has 0 aliphatic rings. The number of hydrogen-bond donors (Lipinski definition) is 3. The van der Waals surface area contributed by atoms with Crippen molar-refractivity contribution in [3.05, 3.63) is 29.8 Å². The Morgan fingerprint density at radius 2 is 1.94 bits per heavy atom. The van der Waals surface area contributed by atoms with Crippen LogP contribution in [0.2, 0.25) is 0 Å². The van der Waals surface area contributed by atoms with Crippen molar-refractivity contribution in [3.8, 4) is 5.75 Å². The third kappa shape index (κ3) is 4.73. The van der Waals surface area contributed by atoms with Gasteiger partial charge in [-0.15, -0.1) is 0 Å². The fourth-order valence-electron chi connectivity index (χ4n) is 1.51. The van der Waals surface area contributed by atoms with Crippen LogP contribution >= 0.6 is 0 Å². The first-order valence-electron chi connectivity index (χ1n) is 5.92. The molecule has 0 aromatic heterocycles. The van der Waals surface area contributed by atoms with E-state index in [1.165, 1.54) is 0 Å². The molecule has 0 aliphatic carbocycles. The molecule has 0 saturated heterocycles. The van der Waals surface area contributed by atoms with E-state index in [0.717, 1.165) is 11.3 Å². The Kier molecular flexibility index (Phi) is 5.97. The van der Waals surface area contributed by atoms with Gasteiger partial charge in [-0.3, -0.25) is 0 Å². The van der Waals surface area contributed by atoms with Crippen molar-refractivity contribution in [1.82, 2.24) is 5.32 Å². The predicted octanol–water partition coefficient (Wildman–Crippen LogP) is 1.09. The van der Waals surface area contributed by atoms with Gasteiger partial charge in [0.2, 0.25) is 0 Å². The van der Waals surface area contributed by atoms with Gasteiger partial charge in [-0.2, -0.15) is 0 Å².